The highest BCUT2D eigenvalue weighted by atomic mass is 16.5. The molecule has 1 aliphatic heterocycles. The van der Waals surface area contributed by atoms with E-state index < -0.39 is 0 Å². The molecule has 0 aromatic carbocycles. The van der Waals surface area contributed by atoms with Crippen molar-refractivity contribution in [3.63, 3.8) is 0 Å². The van der Waals surface area contributed by atoms with E-state index in [-0.39, 0.29) is 11.2 Å². The van der Waals surface area contributed by atoms with Crippen molar-refractivity contribution >= 4 is 0 Å². The minimum absolute atomic E-state index is 0.0517. The van der Waals surface area contributed by atoms with Crippen molar-refractivity contribution in [3.05, 3.63) is 0 Å². The van der Waals surface area contributed by atoms with Gasteiger partial charge in [0.25, 0.3) is 0 Å². The van der Waals surface area contributed by atoms with Crippen LogP contribution in [0.5, 0.6) is 0 Å². The summed E-state index contributed by atoms with van der Waals surface area (Å²) >= 11 is 0. The molecule has 0 aromatic heterocycles. The number of hydrogen-bond acceptors (Lipinski definition) is 3. The minimum Gasteiger partial charge on any atom is -0.374 e. The summed E-state index contributed by atoms with van der Waals surface area (Å²) in [7, 11) is 0. The van der Waals surface area contributed by atoms with Crippen LogP contribution in [-0.2, 0) is 9.47 Å². The van der Waals surface area contributed by atoms with Gasteiger partial charge in [0.15, 0.2) is 0 Å². The lowest BCUT2D eigenvalue weighted by Gasteiger charge is -2.27. The summed E-state index contributed by atoms with van der Waals surface area (Å²) < 4.78 is 12.0. The molecule has 108 valence electrons. The lowest BCUT2D eigenvalue weighted by Crippen LogP contribution is -2.36. The van der Waals surface area contributed by atoms with Crippen LogP contribution in [-0.4, -0.2) is 47.9 Å². The van der Waals surface area contributed by atoms with Gasteiger partial charge in [-0.15, -0.1) is 0 Å². The van der Waals surface area contributed by atoms with Crippen molar-refractivity contribution in [1.82, 2.24) is 4.90 Å². The standard InChI is InChI=1S/C15H31NO2/c1-8-16-10-13(18-15(5,6)7)9-12(16)11-17-14(2,3)4/h12-13H,8-11H2,1-7H3. The van der Waals surface area contributed by atoms with E-state index in [1.54, 1.807) is 0 Å². The molecule has 0 amide bonds. The van der Waals surface area contributed by atoms with Crippen LogP contribution in [0.15, 0.2) is 0 Å². The molecule has 1 fully saturated rings. The van der Waals surface area contributed by atoms with Gasteiger partial charge in [-0.05, 0) is 54.5 Å². The smallest absolute Gasteiger partial charge is 0.0725 e. The Morgan fingerprint density at radius 3 is 2.11 bits per heavy atom. The second-order valence-electron chi connectivity index (χ2n) is 7.25. The summed E-state index contributed by atoms with van der Waals surface area (Å²) in [6.07, 6.45) is 1.43. The van der Waals surface area contributed by atoms with E-state index in [1.165, 1.54) is 0 Å². The van der Waals surface area contributed by atoms with Gasteiger partial charge in [-0.1, -0.05) is 6.92 Å². The minimum atomic E-state index is -0.0532. The molecule has 0 aliphatic carbocycles. The highest BCUT2D eigenvalue weighted by molar-refractivity contribution is 4.87. The Morgan fingerprint density at radius 2 is 1.67 bits per heavy atom. The Bertz CT molecular complexity index is 252. The van der Waals surface area contributed by atoms with Crippen molar-refractivity contribution in [3.8, 4) is 0 Å². The van der Waals surface area contributed by atoms with E-state index in [0.29, 0.717) is 12.1 Å². The molecule has 1 aliphatic rings. The van der Waals surface area contributed by atoms with Gasteiger partial charge in [0, 0.05) is 12.6 Å². The van der Waals surface area contributed by atoms with Crippen molar-refractivity contribution in [2.45, 2.75) is 78.2 Å². The summed E-state index contributed by atoms with van der Waals surface area (Å²) in [6.45, 7) is 17.8. The molecule has 0 aromatic rings. The normalized spacial score (nSPS) is 26.8. The molecule has 0 N–H and O–H groups in total. The topological polar surface area (TPSA) is 21.7 Å². The Morgan fingerprint density at radius 1 is 1.06 bits per heavy atom. The molecule has 18 heavy (non-hydrogen) atoms. The number of likely N-dealkylation sites (N-methyl/N-ethyl adjacent to an activating group) is 1. The first kappa shape index (κ1) is 15.9. The molecule has 1 saturated heterocycles. The number of nitrogens with zero attached hydrogens (tertiary/aromatic N) is 1. The number of hydrogen-bond donors (Lipinski definition) is 0. The van der Waals surface area contributed by atoms with Crippen molar-refractivity contribution in [2.24, 2.45) is 0 Å². The zero-order valence-corrected chi connectivity index (χ0v) is 13.2. The zero-order valence-electron chi connectivity index (χ0n) is 13.2. The molecule has 2 unspecified atom stereocenters. The molecule has 2 atom stereocenters. The average Bonchev–Trinajstić information content (AvgIpc) is 2.53. The van der Waals surface area contributed by atoms with Crippen LogP contribution in [0.1, 0.15) is 54.9 Å². The second-order valence-corrected chi connectivity index (χ2v) is 7.25. The Balaban J connectivity index is 2.48. The maximum absolute atomic E-state index is 6.10. The molecule has 0 spiro atoms. The maximum atomic E-state index is 6.10. The first-order valence-corrected chi connectivity index (χ1v) is 7.16. The molecule has 0 radical (unpaired) electrons. The largest absolute Gasteiger partial charge is 0.374 e. The van der Waals surface area contributed by atoms with Crippen molar-refractivity contribution in [2.75, 3.05) is 19.7 Å². The van der Waals surface area contributed by atoms with E-state index in [9.17, 15) is 0 Å². The van der Waals surface area contributed by atoms with Crippen molar-refractivity contribution < 1.29 is 9.47 Å². The van der Waals surface area contributed by atoms with Crippen LogP contribution in [0.3, 0.4) is 0 Å². The third-order valence-corrected chi connectivity index (χ3v) is 3.12. The van der Waals surface area contributed by atoms with Gasteiger partial charge < -0.3 is 9.47 Å². The third kappa shape index (κ3) is 5.68. The quantitative estimate of drug-likeness (QED) is 0.772. The Kier molecular flexibility index (Phi) is 5.22. The number of rotatable bonds is 4. The van der Waals surface area contributed by atoms with Crippen LogP contribution >= 0.6 is 0 Å². The molecule has 3 heteroatoms. The fraction of sp³-hybridized carbons (Fsp3) is 1.00. The van der Waals surface area contributed by atoms with Gasteiger partial charge >= 0.3 is 0 Å². The highest BCUT2D eigenvalue weighted by Crippen LogP contribution is 2.25. The lowest BCUT2D eigenvalue weighted by atomic mass is 10.1. The molecule has 0 saturated carbocycles. The molecule has 0 bridgehead atoms. The predicted molar refractivity (Wildman–Crippen MR) is 76.0 cm³/mol. The van der Waals surface area contributed by atoms with Crippen LogP contribution in [0.25, 0.3) is 0 Å². The fourth-order valence-corrected chi connectivity index (χ4v) is 2.43. The van der Waals surface area contributed by atoms with Gasteiger partial charge in [0.1, 0.15) is 0 Å². The molecule has 1 heterocycles. The average molecular weight is 257 g/mol. The van der Waals surface area contributed by atoms with E-state index >= 15 is 0 Å². The number of likely N-dealkylation sites (tertiary alicyclic amines) is 1. The first-order chi connectivity index (χ1) is 8.11. The summed E-state index contributed by atoms with van der Waals surface area (Å²) in [5.41, 5.74) is -0.105. The van der Waals surface area contributed by atoms with Gasteiger partial charge in [-0.3, -0.25) is 4.90 Å². The van der Waals surface area contributed by atoms with Gasteiger partial charge in [0.05, 0.1) is 23.9 Å². The van der Waals surface area contributed by atoms with Gasteiger partial charge in [0.2, 0.25) is 0 Å². The van der Waals surface area contributed by atoms with Gasteiger partial charge in [-0.25, -0.2) is 0 Å². The maximum Gasteiger partial charge on any atom is 0.0725 e. The highest BCUT2D eigenvalue weighted by Gasteiger charge is 2.34. The second kappa shape index (κ2) is 5.89. The van der Waals surface area contributed by atoms with E-state index in [2.05, 4.69) is 53.4 Å². The zero-order chi connectivity index (χ0) is 14.0. The Hall–Kier alpha value is -0.120. The predicted octanol–water partition coefficient (Wildman–Crippen LogP) is 3.08. The van der Waals surface area contributed by atoms with Crippen molar-refractivity contribution in [1.29, 1.82) is 0 Å². The summed E-state index contributed by atoms with van der Waals surface area (Å²) in [4.78, 5) is 2.47. The monoisotopic (exact) mass is 257 g/mol. The summed E-state index contributed by atoms with van der Waals surface area (Å²) in [5, 5.41) is 0. The van der Waals surface area contributed by atoms with E-state index in [0.717, 1.165) is 26.1 Å². The SMILES string of the molecule is CCN1CC(OC(C)(C)C)CC1COC(C)(C)C. The molecule has 3 nitrogen and oxygen atoms in total. The Labute approximate surface area is 113 Å². The fourth-order valence-electron chi connectivity index (χ4n) is 2.43. The number of ether oxygens (including phenoxy) is 2. The van der Waals surface area contributed by atoms with Crippen LogP contribution in [0.4, 0.5) is 0 Å². The molecule has 1 rings (SSSR count). The summed E-state index contributed by atoms with van der Waals surface area (Å²) in [6, 6.07) is 0.501. The lowest BCUT2D eigenvalue weighted by molar-refractivity contribution is -0.0553. The first-order valence-electron chi connectivity index (χ1n) is 7.16. The molecular formula is C15H31NO2. The summed E-state index contributed by atoms with van der Waals surface area (Å²) in [5.74, 6) is 0. The van der Waals surface area contributed by atoms with E-state index in [4.69, 9.17) is 9.47 Å². The van der Waals surface area contributed by atoms with Crippen LogP contribution in [0, 0.1) is 0 Å². The van der Waals surface area contributed by atoms with Crippen LogP contribution in [0.2, 0.25) is 0 Å². The van der Waals surface area contributed by atoms with Gasteiger partial charge in [-0.2, -0.15) is 0 Å². The van der Waals surface area contributed by atoms with Crippen LogP contribution < -0.4 is 0 Å². The van der Waals surface area contributed by atoms with E-state index in [1.807, 2.05) is 0 Å². The molecular weight excluding hydrogens is 226 g/mol. The third-order valence-electron chi connectivity index (χ3n) is 3.12.